The third kappa shape index (κ3) is 4.92. The first-order chi connectivity index (χ1) is 16.3. The molecule has 8 heteroatoms. The first kappa shape index (κ1) is 23.8. The van der Waals surface area contributed by atoms with Crippen molar-refractivity contribution in [2.75, 3.05) is 41.9 Å². The molecule has 1 fully saturated rings. The van der Waals surface area contributed by atoms with Crippen LogP contribution in [0.4, 0.5) is 15.8 Å². The number of amides is 1. The quantitative estimate of drug-likeness (QED) is 0.534. The highest BCUT2D eigenvalue weighted by Crippen LogP contribution is 2.28. The summed E-state index contributed by atoms with van der Waals surface area (Å²) < 4.78 is 42.5. The summed E-state index contributed by atoms with van der Waals surface area (Å²) in [5, 5.41) is 0. The van der Waals surface area contributed by atoms with Crippen LogP contribution in [0.3, 0.4) is 0 Å². The van der Waals surface area contributed by atoms with Crippen LogP contribution in [-0.2, 0) is 14.8 Å². The fourth-order valence-electron chi connectivity index (χ4n) is 4.23. The van der Waals surface area contributed by atoms with Gasteiger partial charge in [-0.15, -0.1) is 0 Å². The lowest BCUT2D eigenvalue weighted by molar-refractivity contribution is -0.129. The number of rotatable bonds is 6. The fourth-order valence-corrected chi connectivity index (χ4v) is 5.73. The lowest BCUT2D eigenvalue weighted by atomic mass is 10.1. The van der Waals surface area contributed by atoms with E-state index < -0.39 is 10.0 Å². The molecule has 0 unspecified atom stereocenters. The van der Waals surface area contributed by atoms with E-state index in [-0.39, 0.29) is 23.2 Å². The minimum absolute atomic E-state index is 0.132. The summed E-state index contributed by atoms with van der Waals surface area (Å²) in [7, 11) is -3.96. The van der Waals surface area contributed by atoms with Crippen molar-refractivity contribution < 1.29 is 17.6 Å². The summed E-state index contributed by atoms with van der Waals surface area (Å²) in [4.78, 5) is 17.0. The van der Waals surface area contributed by atoms with Crippen LogP contribution in [-0.4, -0.2) is 51.9 Å². The number of anilines is 2. The molecule has 4 rings (SSSR count). The zero-order chi connectivity index (χ0) is 24.3. The van der Waals surface area contributed by atoms with Gasteiger partial charge in [-0.25, -0.2) is 12.8 Å². The van der Waals surface area contributed by atoms with Crippen LogP contribution in [0.1, 0.15) is 11.1 Å². The average molecular weight is 482 g/mol. The number of carbonyl (C=O) groups is 1. The molecule has 3 aromatic rings. The molecule has 178 valence electrons. The Hall–Kier alpha value is -3.39. The molecule has 1 saturated heterocycles. The van der Waals surface area contributed by atoms with Gasteiger partial charge in [0.25, 0.3) is 10.0 Å². The summed E-state index contributed by atoms with van der Waals surface area (Å²) in [6.07, 6.45) is 0. The number of hydrogen-bond acceptors (Lipinski definition) is 4. The lowest BCUT2D eigenvalue weighted by Crippen LogP contribution is -2.52. The zero-order valence-electron chi connectivity index (χ0n) is 19.3. The highest BCUT2D eigenvalue weighted by molar-refractivity contribution is 7.92. The maximum atomic E-state index is 14.2. The summed E-state index contributed by atoms with van der Waals surface area (Å²) in [6, 6.07) is 20.2. The molecule has 0 N–H and O–H groups in total. The Kier molecular flexibility index (Phi) is 6.88. The number of aryl methyl sites for hydroxylation is 2. The van der Waals surface area contributed by atoms with Gasteiger partial charge in [-0.1, -0.05) is 48.0 Å². The Morgan fingerprint density at radius 1 is 0.912 bits per heavy atom. The summed E-state index contributed by atoms with van der Waals surface area (Å²) in [5.41, 5.74) is 2.77. The maximum Gasteiger partial charge on any atom is 0.264 e. The van der Waals surface area contributed by atoms with E-state index in [1.807, 2.05) is 30.9 Å². The lowest BCUT2D eigenvalue weighted by Gasteiger charge is -2.37. The van der Waals surface area contributed by atoms with Gasteiger partial charge in [0.2, 0.25) is 5.91 Å². The third-order valence-corrected chi connectivity index (χ3v) is 7.83. The predicted molar refractivity (Wildman–Crippen MR) is 132 cm³/mol. The Labute approximate surface area is 200 Å². The molecule has 1 aliphatic heterocycles. The van der Waals surface area contributed by atoms with Crippen LogP contribution in [0.25, 0.3) is 0 Å². The average Bonchev–Trinajstić information content (AvgIpc) is 2.84. The normalized spacial score (nSPS) is 14.2. The van der Waals surface area contributed by atoms with E-state index >= 15 is 0 Å². The fraction of sp³-hybridized carbons (Fsp3) is 0.269. The van der Waals surface area contributed by atoms with Crippen molar-refractivity contribution in [1.82, 2.24) is 4.90 Å². The molecular weight excluding hydrogens is 453 g/mol. The molecule has 0 bridgehead atoms. The van der Waals surface area contributed by atoms with Crippen molar-refractivity contribution in [2.45, 2.75) is 18.7 Å². The molecule has 6 nitrogen and oxygen atoms in total. The van der Waals surface area contributed by atoms with Crippen LogP contribution in [0.5, 0.6) is 0 Å². The van der Waals surface area contributed by atoms with Crippen molar-refractivity contribution in [3.63, 3.8) is 0 Å². The Bertz CT molecular complexity index is 1270. The second-order valence-corrected chi connectivity index (χ2v) is 10.3. The summed E-state index contributed by atoms with van der Waals surface area (Å²) in [5.74, 6) is -0.579. The molecule has 1 heterocycles. The molecule has 0 atom stereocenters. The van der Waals surface area contributed by atoms with Crippen molar-refractivity contribution in [3.8, 4) is 0 Å². The number of piperazine rings is 1. The smallest absolute Gasteiger partial charge is 0.264 e. The molecule has 0 spiro atoms. The number of halogens is 1. The standard InChI is InChI=1S/C26H28FN3O3S/c1-20-12-13-24(21(2)18-20)30(34(32,33)22-8-4-3-5-9-22)19-26(31)29-16-14-28(15-17-29)25-11-7-6-10-23(25)27/h3-13,18H,14-17,19H2,1-2H3. The maximum absolute atomic E-state index is 14.2. The number of benzene rings is 3. The topological polar surface area (TPSA) is 60.9 Å². The molecule has 34 heavy (non-hydrogen) atoms. The molecule has 0 aromatic heterocycles. The van der Waals surface area contributed by atoms with Crippen LogP contribution in [0, 0.1) is 19.7 Å². The van der Waals surface area contributed by atoms with Crippen molar-refractivity contribution in [1.29, 1.82) is 0 Å². The van der Waals surface area contributed by atoms with E-state index in [1.54, 1.807) is 47.4 Å². The molecule has 3 aromatic carbocycles. The van der Waals surface area contributed by atoms with Crippen LogP contribution in [0.15, 0.2) is 77.7 Å². The van der Waals surface area contributed by atoms with Gasteiger partial charge in [-0.3, -0.25) is 9.10 Å². The van der Waals surface area contributed by atoms with Gasteiger partial charge in [0.05, 0.1) is 16.3 Å². The predicted octanol–water partition coefficient (Wildman–Crippen LogP) is 3.99. The Morgan fingerprint density at radius 2 is 1.56 bits per heavy atom. The zero-order valence-corrected chi connectivity index (χ0v) is 20.1. The summed E-state index contributed by atoms with van der Waals surface area (Å²) >= 11 is 0. The van der Waals surface area contributed by atoms with E-state index in [9.17, 15) is 17.6 Å². The first-order valence-electron chi connectivity index (χ1n) is 11.2. The van der Waals surface area contributed by atoms with E-state index in [0.717, 1.165) is 11.1 Å². The molecule has 0 saturated carbocycles. The minimum atomic E-state index is -3.96. The number of sulfonamides is 1. The van der Waals surface area contributed by atoms with Gasteiger partial charge in [0.15, 0.2) is 0 Å². The van der Waals surface area contributed by atoms with E-state index in [0.29, 0.717) is 37.6 Å². The number of para-hydroxylation sites is 1. The van der Waals surface area contributed by atoms with Gasteiger partial charge in [0.1, 0.15) is 12.4 Å². The summed E-state index contributed by atoms with van der Waals surface area (Å²) in [6.45, 7) is 5.20. The number of carbonyl (C=O) groups excluding carboxylic acids is 1. The number of nitrogens with zero attached hydrogens (tertiary/aromatic N) is 3. The third-order valence-electron chi connectivity index (χ3n) is 6.06. The van der Waals surface area contributed by atoms with Gasteiger partial charge in [-0.05, 0) is 49.7 Å². The molecular formula is C26H28FN3O3S. The first-order valence-corrected chi connectivity index (χ1v) is 12.6. The van der Waals surface area contributed by atoms with Gasteiger partial charge in [-0.2, -0.15) is 0 Å². The highest BCUT2D eigenvalue weighted by atomic mass is 32.2. The van der Waals surface area contributed by atoms with Crippen molar-refractivity contribution >= 4 is 27.3 Å². The highest BCUT2D eigenvalue weighted by Gasteiger charge is 2.31. The monoisotopic (exact) mass is 481 g/mol. The second-order valence-electron chi connectivity index (χ2n) is 8.43. The Balaban J connectivity index is 1.56. The van der Waals surface area contributed by atoms with Crippen LogP contribution < -0.4 is 9.21 Å². The molecule has 0 radical (unpaired) electrons. The van der Waals surface area contributed by atoms with Gasteiger partial charge in [0, 0.05) is 26.2 Å². The second kappa shape index (κ2) is 9.85. The molecule has 1 aliphatic rings. The van der Waals surface area contributed by atoms with Crippen molar-refractivity contribution in [3.05, 3.63) is 89.7 Å². The Morgan fingerprint density at radius 3 is 2.21 bits per heavy atom. The largest absolute Gasteiger partial charge is 0.366 e. The van der Waals surface area contributed by atoms with Crippen molar-refractivity contribution in [2.24, 2.45) is 0 Å². The molecule has 1 amide bonds. The van der Waals surface area contributed by atoms with E-state index in [1.165, 1.54) is 22.5 Å². The number of hydrogen-bond donors (Lipinski definition) is 0. The van der Waals surface area contributed by atoms with Crippen LogP contribution in [0.2, 0.25) is 0 Å². The van der Waals surface area contributed by atoms with Gasteiger partial charge >= 0.3 is 0 Å². The minimum Gasteiger partial charge on any atom is -0.366 e. The van der Waals surface area contributed by atoms with E-state index in [2.05, 4.69) is 0 Å². The molecule has 0 aliphatic carbocycles. The SMILES string of the molecule is Cc1ccc(N(CC(=O)N2CCN(c3ccccc3F)CC2)S(=O)(=O)c2ccccc2)c(C)c1. The van der Waals surface area contributed by atoms with Crippen LogP contribution >= 0.6 is 0 Å². The van der Waals surface area contributed by atoms with E-state index in [4.69, 9.17) is 0 Å². The van der Waals surface area contributed by atoms with Gasteiger partial charge < -0.3 is 9.80 Å².